The minimum absolute atomic E-state index is 0.262. The first-order valence-electron chi connectivity index (χ1n) is 4.83. The summed E-state index contributed by atoms with van der Waals surface area (Å²) in [6.45, 7) is 3.51. The van der Waals surface area contributed by atoms with Gasteiger partial charge in [0.15, 0.2) is 5.56 Å². The van der Waals surface area contributed by atoms with Crippen LogP contribution in [-0.4, -0.2) is 29.6 Å². The average molecular weight is 206 g/mol. The highest BCUT2D eigenvalue weighted by molar-refractivity contribution is 6.20. The minimum Gasteiger partial charge on any atom is -0.430 e. The van der Waals surface area contributed by atoms with Crippen molar-refractivity contribution in [3.8, 4) is 0 Å². The van der Waals surface area contributed by atoms with Crippen molar-refractivity contribution in [1.29, 1.82) is 0 Å². The summed E-state index contributed by atoms with van der Waals surface area (Å²) in [6.07, 6.45) is 3.76. The summed E-state index contributed by atoms with van der Waals surface area (Å²) in [6, 6.07) is 0. The first-order valence-corrected chi connectivity index (χ1v) is 5.27. The van der Waals surface area contributed by atoms with Gasteiger partial charge in [-0.1, -0.05) is 18.5 Å². The van der Waals surface area contributed by atoms with Gasteiger partial charge in [-0.2, -0.15) is 0 Å². The number of hydrogen-bond acceptors (Lipinski definition) is 2. The Labute approximate surface area is 84.0 Å². The lowest BCUT2D eigenvalue weighted by atomic mass is 10.1. The Morgan fingerprint density at radius 1 is 1.46 bits per heavy atom. The normalized spacial score (nSPS) is 19.7. The molecule has 0 aliphatic carbocycles. The van der Waals surface area contributed by atoms with Gasteiger partial charge < -0.3 is 9.64 Å². The second-order valence-electron chi connectivity index (χ2n) is 3.25. The summed E-state index contributed by atoms with van der Waals surface area (Å²) in [5.74, 6) is 0. The molecule has 1 fully saturated rings. The molecule has 0 radical (unpaired) electrons. The molecule has 1 amide bonds. The van der Waals surface area contributed by atoms with E-state index in [0.29, 0.717) is 6.42 Å². The monoisotopic (exact) mass is 205 g/mol. The molecule has 1 heterocycles. The molecule has 1 atom stereocenters. The van der Waals surface area contributed by atoms with Gasteiger partial charge in [-0.25, -0.2) is 4.79 Å². The van der Waals surface area contributed by atoms with Gasteiger partial charge in [-0.15, -0.1) is 0 Å². The fraction of sp³-hybridized carbons (Fsp3) is 0.889. The van der Waals surface area contributed by atoms with Crippen LogP contribution < -0.4 is 0 Å². The maximum absolute atomic E-state index is 11.4. The number of halogens is 1. The number of amides is 1. The van der Waals surface area contributed by atoms with Crippen molar-refractivity contribution in [2.24, 2.45) is 0 Å². The van der Waals surface area contributed by atoms with Crippen LogP contribution in [0, 0.1) is 0 Å². The Balaban J connectivity index is 2.29. The Kier molecular flexibility index (Phi) is 4.36. The van der Waals surface area contributed by atoms with Gasteiger partial charge in [0, 0.05) is 13.1 Å². The van der Waals surface area contributed by atoms with E-state index in [4.69, 9.17) is 16.3 Å². The number of hydrogen-bond donors (Lipinski definition) is 0. The van der Waals surface area contributed by atoms with Crippen molar-refractivity contribution < 1.29 is 9.53 Å². The van der Waals surface area contributed by atoms with Crippen molar-refractivity contribution in [2.45, 2.75) is 38.2 Å². The Morgan fingerprint density at radius 3 is 2.62 bits per heavy atom. The van der Waals surface area contributed by atoms with Crippen molar-refractivity contribution in [1.82, 2.24) is 4.90 Å². The number of alkyl halides is 1. The predicted octanol–water partition coefficient (Wildman–Crippen LogP) is 2.58. The lowest BCUT2D eigenvalue weighted by Gasteiger charge is -2.26. The molecule has 0 aromatic rings. The van der Waals surface area contributed by atoms with E-state index in [1.165, 1.54) is 6.42 Å². The molecule has 0 bridgehead atoms. The fourth-order valence-electron chi connectivity index (χ4n) is 1.34. The van der Waals surface area contributed by atoms with Crippen LogP contribution in [0.3, 0.4) is 0 Å². The van der Waals surface area contributed by atoms with Gasteiger partial charge in [-0.05, 0) is 25.7 Å². The Hall–Kier alpha value is -0.440. The van der Waals surface area contributed by atoms with E-state index in [0.717, 1.165) is 25.9 Å². The largest absolute Gasteiger partial charge is 0.430 e. The van der Waals surface area contributed by atoms with Crippen LogP contribution in [-0.2, 0) is 4.74 Å². The Morgan fingerprint density at radius 2 is 2.08 bits per heavy atom. The van der Waals surface area contributed by atoms with E-state index in [-0.39, 0.29) is 6.09 Å². The van der Waals surface area contributed by atoms with Crippen LogP contribution in [0.5, 0.6) is 0 Å². The molecule has 4 heteroatoms. The number of ether oxygens (including phenoxy) is 1. The van der Waals surface area contributed by atoms with Gasteiger partial charge in [0.25, 0.3) is 0 Å². The van der Waals surface area contributed by atoms with E-state index in [1.807, 2.05) is 6.92 Å². The zero-order valence-corrected chi connectivity index (χ0v) is 8.72. The minimum atomic E-state index is -0.477. The molecule has 1 rings (SSSR count). The molecule has 13 heavy (non-hydrogen) atoms. The second-order valence-corrected chi connectivity index (χ2v) is 3.74. The standard InChI is InChI=1S/C9H16ClNO2/c1-2-8(10)13-9(12)11-6-4-3-5-7-11/h8H,2-7H2,1H3. The smallest absolute Gasteiger partial charge is 0.411 e. The molecule has 1 saturated heterocycles. The van der Waals surface area contributed by atoms with Gasteiger partial charge in [-0.3, -0.25) is 0 Å². The molecule has 0 aromatic heterocycles. The van der Waals surface area contributed by atoms with Crippen LogP contribution in [0.1, 0.15) is 32.6 Å². The first-order chi connectivity index (χ1) is 6.24. The maximum Gasteiger partial charge on any atom is 0.411 e. The van der Waals surface area contributed by atoms with Gasteiger partial charge >= 0.3 is 6.09 Å². The van der Waals surface area contributed by atoms with Gasteiger partial charge in [0.2, 0.25) is 0 Å². The van der Waals surface area contributed by atoms with Crippen molar-refractivity contribution in [3.05, 3.63) is 0 Å². The number of rotatable bonds is 2. The van der Waals surface area contributed by atoms with Crippen molar-refractivity contribution in [2.75, 3.05) is 13.1 Å². The molecular weight excluding hydrogens is 190 g/mol. The van der Waals surface area contributed by atoms with E-state index in [1.54, 1.807) is 4.90 Å². The summed E-state index contributed by atoms with van der Waals surface area (Å²) >= 11 is 5.71. The molecule has 76 valence electrons. The molecular formula is C9H16ClNO2. The van der Waals surface area contributed by atoms with Crippen LogP contribution >= 0.6 is 11.6 Å². The molecule has 0 spiro atoms. The highest BCUT2D eigenvalue weighted by Crippen LogP contribution is 2.12. The van der Waals surface area contributed by atoms with E-state index < -0.39 is 5.56 Å². The number of carbonyl (C=O) groups excluding carboxylic acids is 1. The number of nitrogens with zero attached hydrogens (tertiary/aromatic N) is 1. The summed E-state index contributed by atoms with van der Waals surface area (Å²) < 4.78 is 4.99. The van der Waals surface area contributed by atoms with Gasteiger partial charge in [0.05, 0.1) is 0 Å². The fourth-order valence-corrected chi connectivity index (χ4v) is 1.42. The summed E-state index contributed by atoms with van der Waals surface area (Å²) in [7, 11) is 0. The van der Waals surface area contributed by atoms with Crippen molar-refractivity contribution >= 4 is 17.7 Å². The van der Waals surface area contributed by atoms with Gasteiger partial charge in [0.1, 0.15) is 0 Å². The van der Waals surface area contributed by atoms with Crippen LogP contribution in [0.2, 0.25) is 0 Å². The second kappa shape index (κ2) is 5.32. The number of piperidine rings is 1. The maximum atomic E-state index is 11.4. The lowest BCUT2D eigenvalue weighted by molar-refractivity contribution is 0.0833. The van der Waals surface area contributed by atoms with E-state index >= 15 is 0 Å². The number of likely N-dealkylation sites (tertiary alicyclic amines) is 1. The van der Waals surface area contributed by atoms with Crippen LogP contribution in [0.25, 0.3) is 0 Å². The Bertz CT molecular complexity index is 169. The summed E-state index contributed by atoms with van der Waals surface area (Å²) in [5.41, 5.74) is -0.477. The molecule has 0 N–H and O–H groups in total. The zero-order valence-electron chi connectivity index (χ0n) is 7.96. The third-order valence-corrected chi connectivity index (χ3v) is 2.56. The molecule has 0 aromatic carbocycles. The van der Waals surface area contributed by atoms with Crippen LogP contribution in [0.4, 0.5) is 4.79 Å². The molecule has 3 nitrogen and oxygen atoms in total. The lowest BCUT2D eigenvalue weighted by Crippen LogP contribution is -2.37. The molecule has 1 unspecified atom stereocenters. The topological polar surface area (TPSA) is 29.5 Å². The molecule has 1 aliphatic heterocycles. The molecule has 1 aliphatic rings. The third kappa shape index (κ3) is 3.43. The quantitative estimate of drug-likeness (QED) is 0.649. The third-order valence-electron chi connectivity index (χ3n) is 2.16. The van der Waals surface area contributed by atoms with Crippen molar-refractivity contribution in [3.63, 3.8) is 0 Å². The SMILES string of the molecule is CCC(Cl)OC(=O)N1CCCCC1. The first kappa shape index (κ1) is 10.6. The highest BCUT2D eigenvalue weighted by atomic mass is 35.5. The number of carbonyl (C=O) groups is 1. The summed E-state index contributed by atoms with van der Waals surface area (Å²) in [5, 5.41) is 0. The van der Waals surface area contributed by atoms with E-state index in [2.05, 4.69) is 0 Å². The average Bonchev–Trinajstić information content (AvgIpc) is 2.19. The summed E-state index contributed by atoms with van der Waals surface area (Å²) in [4.78, 5) is 13.1. The van der Waals surface area contributed by atoms with E-state index in [9.17, 15) is 4.79 Å². The predicted molar refractivity (Wildman–Crippen MR) is 51.8 cm³/mol. The van der Waals surface area contributed by atoms with Crippen LogP contribution in [0.15, 0.2) is 0 Å². The molecule has 0 saturated carbocycles. The highest BCUT2D eigenvalue weighted by Gasteiger charge is 2.19. The zero-order chi connectivity index (χ0) is 9.68.